The van der Waals surface area contributed by atoms with Crippen LogP contribution in [0.15, 0.2) is 24.3 Å². The Balaban J connectivity index is 1.50. The maximum Gasteiger partial charge on any atom is 0.354 e. The Bertz CT molecular complexity index is 862. The van der Waals surface area contributed by atoms with Crippen LogP contribution in [0.4, 0.5) is 10.3 Å². The van der Waals surface area contributed by atoms with Crippen LogP contribution < -0.4 is 4.90 Å². The number of anilines is 1. The third kappa shape index (κ3) is 3.14. The van der Waals surface area contributed by atoms with E-state index in [9.17, 15) is 14.3 Å². The van der Waals surface area contributed by atoms with Crippen molar-refractivity contribution in [2.75, 3.05) is 18.0 Å². The Kier molecular flexibility index (Phi) is 4.31. The maximum absolute atomic E-state index is 13.6. The standard InChI is InChI=1S/C19H19ClFN3O2/c1-10-4-17(18(25)26)23-19(22-10)24-8-12-5-11(6-13(12)9-24)15-7-14(21)2-3-16(15)20/h2-4,7,11-13H,5-6,8-9H2,1H3,(H,25,26)/t11?,12-,13+. The highest BCUT2D eigenvalue weighted by atomic mass is 35.5. The first-order valence-corrected chi connectivity index (χ1v) is 9.07. The number of hydrogen-bond donors (Lipinski definition) is 1. The molecule has 1 aliphatic carbocycles. The number of carboxylic acid groups (broad SMARTS) is 1. The van der Waals surface area contributed by atoms with Crippen molar-refractivity contribution in [2.45, 2.75) is 25.7 Å². The van der Waals surface area contributed by atoms with Gasteiger partial charge in [-0.25, -0.2) is 19.2 Å². The third-order valence-corrected chi connectivity index (χ3v) is 5.84. The highest BCUT2D eigenvalue weighted by molar-refractivity contribution is 6.31. The van der Waals surface area contributed by atoms with Crippen LogP contribution in [0.3, 0.4) is 0 Å². The zero-order valence-corrected chi connectivity index (χ0v) is 15.1. The van der Waals surface area contributed by atoms with Crippen LogP contribution in [0.1, 0.15) is 40.5 Å². The molecule has 5 nitrogen and oxygen atoms in total. The Labute approximate surface area is 155 Å². The molecule has 1 unspecified atom stereocenters. The highest BCUT2D eigenvalue weighted by Gasteiger charge is 2.42. The topological polar surface area (TPSA) is 66.3 Å². The monoisotopic (exact) mass is 375 g/mol. The van der Waals surface area contributed by atoms with Crippen molar-refractivity contribution in [1.29, 1.82) is 0 Å². The SMILES string of the molecule is Cc1cc(C(=O)O)nc(N2C[C@H]3CC(c4cc(F)ccc4Cl)C[C@H]3C2)n1. The Morgan fingerprint density at radius 1 is 1.23 bits per heavy atom. The van der Waals surface area contributed by atoms with E-state index < -0.39 is 5.97 Å². The molecule has 4 rings (SSSR count). The van der Waals surface area contributed by atoms with Crippen LogP contribution in [0.25, 0.3) is 0 Å². The first-order chi connectivity index (χ1) is 12.4. The molecule has 2 heterocycles. The van der Waals surface area contributed by atoms with Crippen molar-refractivity contribution in [3.05, 3.63) is 52.1 Å². The van der Waals surface area contributed by atoms with Crippen LogP contribution in [-0.2, 0) is 0 Å². The minimum Gasteiger partial charge on any atom is -0.477 e. The molecule has 0 spiro atoms. The van der Waals surface area contributed by atoms with Gasteiger partial charge < -0.3 is 10.0 Å². The van der Waals surface area contributed by atoms with Gasteiger partial charge in [-0.05, 0) is 67.3 Å². The lowest BCUT2D eigenvalue weighted by atomic mass is 9.95. The van der Waals surface area contributed by atoms with Gasteiger partial charge in [0.2, 0.25) is 5.95 Å². The molecule has 136 valence electrons. The Hall–Kier alpha value is -2.21. The van der Waals surface area contributed by atoms with Gasteiger partial charge in [-0.2, -0.15) is 0 Å². The molecule has 1 aromatic carbocycles. The summed E-state index contributed by atoms with van der Waals surface area (Å²) in [6, 6.07) is 6.04. The van der Waals surface area contributed by atoms with Crippen molar-refractivity contribution in [2.24, 2.45) is 11.8 Å². The van der Waals surface area contributed by atoms with E-state index in [1.54, 1.807) is 19.1 Å². The maximum atomic E-state index is 13.6. The lowest BCUT2D eigenvalue weighted by Crippen LogP contribution is -2.25. The van der Waals surface area contributed by atoms with Gasteiger partial charge in [-0.15, -0.1) is 0 Å². The highest BCUT2D eigenvalue weighted by Crippen LogP contribution is 2.48. The van der Waals surface area contributed by atoms with Gasteiger partial charge >= 0.3 is 5.97 Å². The number of aromatic nitrogens is 2. The van der Waals surface area contributed by atoms with Crippen LogP contribution in [0, 0.1) is 24.6 Å². The van der Waals surface area contributed by atoms with Gasteiger partial charge in [0.05, 0.1) is 0 Å². The zero-order valence-electron chi connectivity index (χ0n) is 14.3. The van der Waals surface area contributed by atoms with E-state index in [1.165, 1.54) is 12.1 Å². The zero-order chi connectivity index (χ0) is 18.4. The fraction of sp³-hybridized carbons (Fsp3) is 0.421. The molecule has 2 aromatic rings. The van der Waals surface area contributed by atoms with Gasteiger partial charge in [0.25, 0.3) is 0 Å². The van der Waals surface area contributed by atoms with Crippen molar-refractivity contribution in [1.82, 2.24) is 9.97 Å². The molecular formula is C19H19ClFN3O2. The fourth-order valence-electron chi connectivity index (χ4n) is 4.35. The molecule has 0 radical (unpaired) electrons. The van der Waals surface area contributed by atoms with Gasteiger partial charge in [0.1, 0.15) is 5.82 Å². The predicted molar refractivity (Wildman–Crippen MR) is 96.3 cm³/mol. The lowest BCUT2D eigenvalue weighted by Gasteiger charge is -2.20. The average Bonchev–Trinajstić information content (AvgIpc) is 3.15. The number of carbonyl (C=O) groups is 1. The number of aromatic carboxylic acids is 1. The molecule has 0 amide bonds. The van der Waals surface area contributed by atoms with Gasteiger partial charge in [0.15, 0.2) is 5.69 Å². The molecule has 2 fully saturated rings. The minimum atomic E-state index is -1.04. The summed E-state index contributed by atoms with van der Waals surface area (Å²) in [5.74, 6) is 0.364. The van der Waals surface area contributed by atoms with E-state index in [2.05, 4.69) is 14.9 Å². The number of rotatable bonds is 3. The molecule has 1 saturated heterocycles. The summed E-state index contributed by atoms with van der Waals surface area (Å²) < 4.78 is 13.6. The summed E-state index contributed by atoms with van der Waals surface area (Å²) >= 11 is 6.27. The largest absolute Gasteiger partial charge is 0.477 e. The van der Waals surface area contributed by atoms with E-state index in [4.69, 9.17) is 11.6 Å². The first kappa shape index (κ1) is 17.2. The molecule has 1 aliphatic heterocycles. The van der Waals surface area contributed by atoms with Gasteiger partial charge in [-0.1, -0.05) is 11.6 Å². The van der Waals surface area contributed by atoms with Gasteiger partial charge in [0, 0.05) is 23.8 Å². The Morgan fingerprint density at radius 2 is 1.92 bits per heavy atom. The van der Waals surface area contributed by atoms with Crippen LogP contribution in [0.2, 0.25) is 5.02 Å². The molecule has 7 heteroatoms. The number of halogens is 2. The number of fused-ring (bicyclic) bond motifs is 1. The molecule has 0 bridgehead atoms. The minimum absolute atomic E-state index is 0.0222. The van der Waals surface area contributed by atoms with Crippen molar-refractivity contribution < 1.29 is 14.3 Å². The number of nitrogens with zero attached hydrogens (tertiary/aromatic N) is 3. The third-order valence-electron chi connectivity index (χ3n) is 5.49. The van der Waals surface area contributed by atoms with Crippen molar-refractivity contribution in [3.8, 4) is 0 Å². The second kappa shape index (κ2) is 6.50. The van der Waals surface area contributed by atoms with Gasteiger partial charge in [-0.3, -0.25) is 0 Å². The summed E-state index contributed by atoms with van der Waals surface area (Å²) in [6.45, 7) is 3.35. The number of benzene rings is 1. The molecule has 26 heavy (non-hydrogen) atoms. The fourth-order valence-corrected chi connectivity index (χ4v) is 4.62. The summed E-state index contributed by atoms with van der Waals surface area (Å²) in [5.41, 5.74) is 1.57. The van der Waals surface area contributed by atoms with Crippen LogP contribution >= 0.6 is 11.6 Å². The normalized spacial score (nSPS) is 24.7. The number of carboxylic acids is 1. The summed E-state index contributed by atoms with van der Waals surface area (Å²) in [5, 5.41) is 9.82. The average molecular weight is 376 g/mol. The molecule has 1 N–H and O–H groups in total. The van der Waals surface area contributed by atoms with Crippen molar-refractivity contribution in [3.63, 3.8) is 0 Å². The van der Waals surface area contributed by atoms with E-state index in [1.807, 2.05) is 0 Å². The van der Waals surface area contributed by atoms with E-state index in [0.717, 1.165) is 31.5 Å². The van der Waals surface area contributed by atoms with Crippen LogP contribution in [-0.4, -0.2) is 34.1 Å². The summed E-state index contributed by atoms with van der Waals surface area (Å²) in [7, 11) is 0. The molecule has 2 aliphatic rings. The number of hydrogen-bond acceptors (Lipinski definition) is 4. The van der Waals surface area contributed by atoms with Crippen molar-refractivity contribution >= 4 is 23.5 Å². The first-order valence-electron chi connectivity index (χ1n) is 8.69. The molecule has 1 aromatic heterocycles. The summed E-state index contributed by atoms with van der Waals surface area (Å²) in [6.07, 6.45) is 1.89. The van der Waals surface area contributed by atoms with Crippen LogP contribution in [0.5, 0.6) is 0 Å². The smallest absolute Gasteiger partial charge is 0.354 e. The number of aryl methyl sites for hydroxylation is 1. The predicted octanol–water partition coefficient (Wildman–Crippen LogP) is 3.91. The summed E-state index contributed by atoms with van der Waals surface area (Å²) in [4.78, 5) is 21.9. The quantitative estimate of drug-likeness (QED) is 0.881. The lowest BCUT2D eigenvalue weighted by molar-refractivity contribution is 0.0690. The molecule has 3 atom stereocenters. The molecular weight excluding hydrogens is 357 g/mol. The second-order valence-corrected chi connectivity index (χ2v) is 7.67. The van der Waals surface area contributed by atoms with E-state index in [0.29, 0.717) is 28.5 Å². The van der Waals surface area contributed by atoms with E-state index >= 15 is 0 Å². The Morgan fingerprint density at radius 3 is 2.58 bits per heavy atom. The molecule has 1 saturated carbocycles. The van der Waals surface area contributed by atoms with E-state index in [-0.39, 0.29) is 17.4 Å². The second-order valence-electron chi connectivity index (χ2n) is 7.26.